The maximum Gasteiger partial charge on any atom is 0.116 e. The number of halogens is 1. The maximum absolute atomic E-state index is 9.95. The van der Waals surface area contributed by atoms with E-state index in [1.54, 1.807) is 24.3 Å². The molecule has 1 aliphatic heterocycles. The van der Waals surface area contributed by atoms with Gasteiger partial charge in [0.1, 0.15) is 11.5 Å². The molecule has 0 spiro atoms. The Morgan fingerprint density at radius 1 is 0.846 bits per heavy atom. The Labute approximate surface area is 161 Å². The van der Waals surface area contributed by atoms with Gasteiger partial charge in [-0.1, -0.05) is 46.3 Å². The molecule has 0 fully saturated rings. The summed E-state index contributed by atoms with van der Waals surface area (Å²) in [5, 5.41) is 20.4. The van der Waals surface area contributed by atoms with E-state index in [2.05, 4.69) is 51.3 Å². The van der Waals surface area contributed by atoms with Crippen molar-refractivity contribution in [2.75, 3.05) is 4.90 Å². The molecule has 0 aliphatic carbocycles. The lowest BCUT2D eigenvalue weighted by Crippen LogP contribution is -2.21. The highest BCUT2D eigenvalue weighted by atomic mass is 79.9. The quantitative estimate of drug-likeness (QED) is 0.571. The highest BCUT2D eigenvalue weighted by Crippen LogP contribution is 2.36. The van der Waals surface area contributed by atoms with E-state index < -0.39 is 0 Å². The van der Waals surface area contributed by atoms with E-state index in [4.69, 9.17) is 0 Å². The van der Waals surface area contributed by atoms with E-state index in [0.717, 1.165) is 39.8 Å². The van der Waals surface area contributed by atoms with Crippen molar-refractivity contribution in [2.45, 2.75) is 11.9 Å². The first-order valence-electron chi connectivity index (χ1n) is 8.39. The van der Waals surface area contributed by atoms with Crippen molar-refractivity contribution < 1.29 is 10.2 Å². The summed E-state index contributed by atoms with van der Waals surface area (Å²) in [6.07, 6.45) is 2.11. The van der Waals surface area contributed by atoms with Crippen molar-refractivity contribution >= 4 is 27.2 Å². The highest BCUT2D eigenvalue weighted by Gasteiger charge is 2.20. The van der Waals surface area contributed by atoms with Crippen molar-refractivity contribution in [3.8, 4) is 11.5 Å². The van der Waals surface area contributed by atoms with Gasteiger partial charge >= 0.3 is 0 Å². The normalized spacial score (nSPS) is 13.3. The molecule has 1 aliphatic rings. The summed E-state index contributed by atoms with van der Waals surface area (Å²) in [6, 6.07) is 21.1. The number of anilines is 1. The van der Waals surface area contributed by atoms with Gasteiger partial charge in [0.05, 0.1) is 0 Å². The third-order valence-electron chi connectivity index (χ3n) is 4.61. The molecule has 0 aromatic heterocycles. The van der Waals surface area contributed by atoms with Gasteiger partial charge in [-0.2, -0.15) is 0 Å². The average Bonchev–Trinajstić information content (AvgIpc) is 2.68. The Morgan fingerprint density at radius 3 is 2.23 bits per heavy atom. The van der Waals surface area contributed by atoms with Gasteiger partial charge in [0, 0.05) is 29.3 Å². The standard InChI is InChI=1S/C22H18BrNO2/c23-12-15-1-6-18(7-2-15)24-13-17-5-10-20(26)11-21(17)22(14-24)16-3-8-19(25)9-4-16/h1-11,14,25-26H,12-13H2. The Hall–Kier alpha value is -2.72. The smallest absolute Gasteiger partial charge is 0.116 e. The Bertz CT molecular complexity index is 962. The van der Waals surface area contributed by atoms with Gasteiger partial charge < -0.3 is 15.1 Å². The molecule has 0 unspecified atom stereocenters. The number of benzene rings is 3. The number of phenols is 2. The molecule has 3 aromatic carbocycles. The fourth-order valence-corrected chi connectivity index (χ4v) is 3.59. The maximum atomic E-state index is 9.95. The van der Waals surface area contributed by atoms with E-state index in [1.807, 2.05) is 18.2 Å². The predicted octanol–water partition coefficient (Wildman–Crippen LogP) is 5.40. The molecule has 0 atom stereocenters. The van der Waals surface area contributed by atoms with Gasteiger partial charge in [0.25, 0.3) is 0 Å². The SMILES string of the molecule is Oc1ccc(C2=CN(c3ccc(CBr)cc3)Cc3ccc(O)cc32)cc1. The van der Waals surface area contributed by atoms with Crippen molar-refractivity contribution in [2.24, 2.45) is 0 Å². The molecule has 26 heavy (non-hydrogen) atoms. The zero-order valence-corrected chi connectivity index (χ0v) is 15.6. The number of hydrogen-bond donors (Lipinski definition) is 2. The molecule has 2 N–H and O–H groups in total. The summed E-state index contributed by atoms with van der Waals surface area (Å²) in [7, 11) is 0. The van der Waals surface area contributed by atoms with Crippen LogP contribution in [0, 0.1) is 0 Å². The van der Waals surface area contributed by atoms with Crippen LogP contribution < -0.4 is 4.90 Å². The Morgan fingerprint density at radius 2 is 1.54 bits per heavy atom. The zero-order chi connectivity index (χ0) is 18.1. The van der Waals surface area contributed by atoms with E-state index in [-0.39, 0.29) is 11.5 Å². The third-order valence-corrected chi connectivity index (χ3v) is 5.26. The topological polar surface area (TPSA) is 43.7 Å². The number of hydrogen-bond acceptors (Lipinski definition) is 3. The highest BCUT2D eigenvalue weighted by molar-refractivity contribution is 9.08. The summed E-state index contributed by atoms with van der Waals surface area (Å²) in [5.74, 6) is 0.493. The molecule has 130 valence electrons. The van der Waals surface area contributed by atoms with Crippen molar-refractivity contribution in [3.63, 3.8) is 0 Å². The third kappa shape index (κ3) is 3.20. The van der Waals surface area contributed by atoms with Crippen molar-refractivity contribution in [1.82, 2.24) is 0 Å². The number of aromatic hydroxyl groups is 2. The molecular formula is C22H18BrNO2. The van der Waals surface area contributed by atoms with Crippen molar-refractivity contribution in [3.05, 3.63) is 95.2 Å². The lowest BCUT2D eigenvalue weighted by atomic mass is 9.91. The van der Waals surface area contributed by atoms with Crippen LogP contribution in [0.2, 0.25) is 0 Å². The van der Waals surface area contributed by atoms with E-state index >= 15 is 0 Å². The van der Waals surface area contributed by atoms with Gasteiger partial charge in [-0.3, -0.25) is 0 Å². The molecule has 0 radical (unpaired) electrons. The lowest BCUT2D eigenvalue weighted by Gasteiger charge is -2.29. The molecule has 4 heteroatoms. The van der Waals surface area contributed by atoms with Crippen LogP contribution in [0.5, 0.6) is 11.5 Å². The molecule has 0 amide bonds. The van der Waals surface area contributed by atoms with Gasteiger partial charge in [0.2, 0.25) is 0 Å². The lowest BCUT2D eigenvalue weighted by molar-refractivity contribution is 0.474. The minimum Gasteiger partial charge on any atom is -0.508 e. The van der Waals surface area contributed by atoms with Crippen LogP contribution in [-0.4, -0.2) is 10.2 Å². The Kier molecular flexibility index (Phi) is 4.43. The van der Waals surface area contributed by atoms with Gasteiger partial charge in [0.15, 0.2) is 0 Å². The summed E-state index contributed by atoms with van der Waals surface area (Å²) in [5.41, 5.74) is 6.54. The largest absolute Gasteiger partial charge is 0.508 e. The number of phenolic OH excluding ortho intramolecular Hbond substituents is 2. The first-order valence-corrected chi connectivity index (χ1v) is 9.51. The van der Waals surface area contributed by atoms with E-state index in [0.29, 0.717) is 0 Å². The van der Waals surface area contributed by atoms with E-state index in [1.165, 1.54) is 5.56 Å². The summed E-state index contributed by atoms with van der Waals surface area (Å²) >= 11 is 3.48. The van der Waals surface area contributed by atoms with Gasteiger partial charge in [-0.05, 0) is 58.7 Å². The summed E-state index contributed by atoms with van der Waals surface area (Å²) in [4.78, 5) is 2.21. The second kappa shape index (κ2) is 6.89. The first-order chi connectivity index (χ1) is 12.6. The summed E-state index contributed by atoms with van der Waals surface area (Å²) in [6.45, 7) is 0.741. The fourth-order valence-electron chi connectivity index (χ4n) is 3.22. The molecular weight excluding hydrogens is 390 g/mol. The first kappa shape index (κ1) is 16.7. The molecule has 0 saturated carbocycles. The van der Waals surface area contributed by atoms with E-state index in [9.17, 15) is 10.2 Å². The van der Waals surface area contributed by atoms with Crippen LogP contribution in [0.1, 0.15) is 22.3 Å². The Balaban J connectivity index is 1.81. The zero-order valence-electron chi connectivity index (χ0n) is 14.1. The molecule has 1 heterocycles. The average molecular weight is 408 g/mol. The fraction of sp³-hybridized carbons (Fsp3) is 0.0909. The predicted molar refractivity (Wildman–Crippen MR) is 109 cm³/mol. The van der Waals surface area contributed by atoms with Crippen LogP contribution in [0.15, 0.2) is 72.9 Å². The second-order valence-electron chi connectivity index (χ2n) is 6.36. The van der Waals surface area contributed by atoms with Gasteiger partial charge in [-0.25, -0.2) is 0 Å². The monoisotopic (exact) mass is 407 g/mol. The minimum absolute atomic E-state index is 0.239. The van der Waals surface area contributed by atoms with Crippen LogP contribution in [0.25, 0.3) is 5.57 Å². The minimum atomic E-state index is 0.239. The molecule has 3 nitrogen and oxygen atoms in total. The van der Waals surface area contributed by atoms with Gasteiger partial charge in [-0.15, -0.1) is 0 Å². The van der Waals surface area contributed by atoms with Crippen LogP contribution in [0.4, 0.5) is 5.69 Å². The number of rotatable bonds is 3. The molecule has 3 aromatic rings. The van der Waals surface area contributed by atoms with Crippen LogP contribution in [-0.2, 0) is 11.9 Å². The molecule has 0 saturated heterocycles. The second-order valence-corrected chi connectivity index (χ2v) is 6.92. The number of fused-ring (bicyclic) bond motifs is 1. The van der Waals surface area contributed by atoms with Crippen LogP contribution in [0.3, 0.4) is 0 Å². The number of alkyl halides is 1. The summed E-state index contributed by atoms with van der Waals surface area (Å²) < 4.78 is 0. The molecule has 0 bridgehead atoms. The van der Waals surface area contributed by atoms with Crippen LogP contribution >= 0.6 is 15.9 Å². The molecule has 4 rings (SSSR count). The van der Waals surface area contributed by atoms with Crippen molar-refractivity contribution in [1.29, 1.82) is 0 Å². The number of nitrogens with zero attached hydrogens (tertiary/aromatic N) is 1.